The molecule has 1 heterocycles. The van der Waals surface area contributed by atoms with Crippen LogP contribution >= 0.6 is 11.6 Å². The van der Waals surface area contributed by atoms with Gasteiger partial charge in [-0.2, -0.15) is 4.39 Å². The highest BCUT2D eigenvalue weighted by Gasteiger charge is 2.31. The number of hydrogen-bond acceptors (Lipinski definition) is 2. The van der Waals surface area contributed by atoms with Gasteiger partial charge < -0.3 is 0 Å². The zero-order valence-corrected chi connectivity index (χ0v) is 12.9. The van der Waals surface area contributed by atoms with Crippen molar-refractivity contribution >= 4 is 23.1 Å². The van der Waals surface area contributed by atoms with Crippen molar-refractivity contribution in [2.24, 2.45) is 0 Å². The maximum atomic E-state index is 14.2. The lowest BCUT2D eigenvalue weighted by Gasteiger charge is -2.28. The minimum atomic E-state index is -2.23. The standard InChI is InChI=1S/C15H8ClF6N3/c16-15(21)3-1-9(2-4-15)24(13-7-12(20)23-25(13)22)14-10(18)5-8(17)6-11(14)19/h1-3,5-7H,4H2. The van der Waals surface area contributed by atoms with Crippen molar-refractivity contribution < 1.29 is 26.4 Å². The van der Waals surface area contributed by atoms with Gasteiger partial charge in [0, 0.05) is 30.3 Å². The van der Waals surface area contributed by atoms with Crippen LogP contribution in [0, 0.1) is 23.4 Å². The van der Waals surface area contributed by atoms with E-state index in [0.717, 1.165) is 18.2 Å². The summed E-state index contributed by atoms with van der Waals surface area (Å²) in [5.74, 6) is -5.93. The predicted octanol–water partition coefficient (Wildman–Crippen LogP) is 5.06. The topological polar surface area (TPSA) is 21.1 Å². The number of halogens is 7. The summed E-state index contributed by atoms with van der Waals surface area (Å²) in [6.07, 6.45) is 2.64. The molecule has 0 saturated carbocycles. The van der Waals surface area contributed by atoms with Crippen LogP contribution < -0.4 is 4.90 Å². The van der Waals surface area contributed by atoms with E-state index in [0.29, 0.717) is 23.1 Å². The summed E-state index contributed by atoms with van der Waals surface area (Å²) in [4.78, 5) is 0.146. The van der Waals surface area contributed by atoms with Crippen molar-refractivity contribution in [3.63, 3.8) is 0 Å². The van der Waals surface area contributed by atoms with Crippen molar-refractivity contribution in [1.29, 1.82) is 0 Å². The number of anilines is 2. The molecule has 0 bridgehead atoms. The van der Waals surface area contributed by atoms with Crippen molar-refractivity contribution in [3.8, 4) is 0 Å². The quantitative estimate of drug-likeness (QED) is 0.549. The molecule has 1 aliphatic carbocycles. The normalized spacial score (nSPS) is 19.9. The maximum absolute atomic E-state index is 14.2. The minimum absolute atomic E-state index is 0.114. The lowest BCUT2D eigenvalue weighted by atomic mass is 10.1. The number of alkyl halides is 2. The van der Waals surface area contributed by atoms with Gasteiger partial charge in [-0.1, -0.05) is 27.1 Å². The molecule has 1 aliphatic rings. The molecule has 0 amide bonds. The summed E-state index contributed by atoms with van der Waals surface area (Å²) >= 11 is 5.49. The zero-order chi connectivity index (χ0) is 18.4. The first-order chi connectivity index (χ1) is 11.7. The highest BCUT2D eigenvalue weighted by atomic mass is 35.5. The van der Waals surface area contributed by atoms with E-state index in [9.17, 15) is 26.4 Å². The molecule has 0 spiro atoms. The summed E-state index contributed by atoms with van der Waals surface area (Å²) in [7, 11) is 0. The first-order valence-corrected chi connectivity index (χ1v) is 7.19. The number of hydrogen-bond donors (Lipinski definition) is 0. The summed E-state index contributed by atoms with van der Waals surface area (Å²) in [6.45, 7) is 0. The Morgan fingerprint density at radius 3 is 2.24 bits per heavy atom. The van der Waals surface area contributed by atoms with Gasteiger partial charge in [0.2, 0.25) is 11.1 Å². The van der Waals surface area contributed by atoms with Crippen molar-refractivity contribution in [2.75, 3.05) is 4.90 Å². The molecule has 1 aromatic heterocycles. The van der Waals surface area contributed by atoms with Gasteiger partial charge in [0.05, 0.1) is 0 Å². The van der Waals surface area contributed by atoms with Crippen LogP contribution in [0.25, 0.3) is 0 Å². The van der Waals surface area contributed by atoms with Crippen molar-refractivity contribution in [2.45, 2.75) is 11.5 Å². The first-order valence-electron chi connectivity index (χ1n) is 6.81. The van der Waals surface area contributed by atoms with Gasteiger partial charge in [-0.15, -0.1) is 5.10 Å². The Morgan fingerprint density at radius 1 is 1.12 bits per heavy atom. The van der Waals surface area contributed by atoms with E-state index in [1.54, 1.807) is 0 Å². The van der Waals surface area contributed by atoms with Gasteiger partial charge in [-0.05, 0) is 12.2 Å². The summed E-state index contributed by atoms with van der Waals surface area (Å²) in [5.41, 5.74) is -1.01. The van der Waals surface area contributed by atoms with Crippen LogP contribution in [0.3, 0.4) is 0 Å². The number of nitrogens with zero attached hydrogens (tertiary/aromatic N) is 3. The van der Waals surface area contributed by atoms with Crippen LogP contribution in [0.5, 0.6) is 0 Å². The molecular formula is C15H8ClF6N3. The molecule has 0 N–H and O–H groups in total. The molecule has 1 aromatic carbocycles. The van der Waals surface area contributed by atoms with Gasteiger partial charge in [0.25, 0.3) is 0 Å². The second-order valence-electron chi connectivity index (χ2n) is 5.17. The molecule has 1 atom stereocenters. The van der Waals surface area contributed by atoms with E-state index in [-0.39, 0.29) is 5.70 Å². The number of allylic oxidation sites excluding steroid dienone is 3. The van der Waals surface area contributed by atoms with E-state index < -0.39 is 51.4 Å². The van der Waals surface area contributed by atoms with Crippen LogP contribution in [0.4, 0.5) is 37.9 Å². The SMILES string of the molecule is Fc1cc(F)c(N(C2=CCC(F)(Cl)C=C2)c2cc(F)nn2F)c(F)c1. The van der Waals surface area contributed by atoms with E-state index in [4.69, 9.17) is 11.6 Å². The highest BCUT2D eigenvalue weighted by molar-refractivity contribution is 6.24. The van der Waals surface area contributed by atoms with E-state index in [1.165, 1.54) is 0 Å². The summed E-state index contributed by atoms with van der Waals surface area (Å²) in [5, 5.41) is 0.603. The molecule has 2 aromatic rings. The number of benzene rings is 1. The fourth-order valence-corrected chi connectivity index (χ4v) is 2.48. The monoisotopic (exact) mass is 379 g/mol. The molecule has 0 saturated heterocycles. The Balaban J connectivity index is 2.20. The predicted molar refractivity (Wildman–Crippen MR) is 78.7 cm³/mol. The number of aromatic nitrogens is 2. The fraction of sp³-hybridized carbons (Fsp3) is 0.133. The van der Waals surface area contributed by atoms with E-state index in [2.05, 4.69) is 5.10 Å². The molecule has 0 aliphatic heterocycles. The molecule has 25 heavy (non-hydrogen) atoms. The summed E-state index contributed by atoms with van der Waals surface area (Å²) < 4.78 is 82.3. The van der Waals surface area contributed by atoms with Crippen LogP contribution in [0.2, 0.25) is 0 Å². The lowest BCUT2D eigenvalue weighted by molar-refractivity contribution is 0.306. The fourth-order valence-electron chi connectivity index (χ4n) is 2.34. The Hall–Kier alpha value is -2.42. The molecule has 0 radical (unpaired) electrons. The lowest BCUT2D eigenvalue weighted by Crippen LogP contribution is -2.24. The number of rotatable bonds is 3. The molecule has 0 fully saturated rings. The smallest absolute Gasteiger partial charge is 0.237 e. The van der Waals surface area contributed by atoms with Gasteiger partial charge in [-0.25, -0.2) is 17.6 Å². The average molecular weight is 380 g/mol. The van der Waals surface area contributed by atoms with Gasteiger partial charge in [0.1, 0.15) is 11.5 Å². The minimum Gasteiger partial charge on any atom is -0.288 e. The van der Waals surface area contributed by atoms with Gasteiger partial charge in [-0.3, -0.25) is 4.90 Å². The third-order valence-corrected chi connectivity index (χ3v) is 3.67. The van der Waals surface area contributed by atoms with Crippen LogP contribution in [0.15, 0.2) is 42.1 Å². The van der Waals surface area contributed by atoms with E-state index >= 15 is 0 Å². The van der Waals surface area contributed by atoms with E-state index in [1.807, 2.05) is 0 Å². The van der Waals surface area contributed by atoms with Gasteiger partial charge >= 0.3 is 0 Å². The summed E-state index contributed by atoms with van der Waals surface area (Å²) in [6, 6.07) is 1.30. The zero-order valence-electron chi connectivity index (χ0n) is 12.2. The largest absolute Gasteiger partial charge is 0.288 e. The Kier molecular flexibility index (Phi) is 4.28. The Bertz CT molecular complexity index is 866. The van der Waals surface area contributed by atoms with Crippen molar-refractivity contribution in [3.05, 3.63) is 65.5 Å². The van der Waals surface area contributed by atoms with Gasteiger partial charge in [0.15, 0.2) is 17.5 Å². The molecule has 3 nitrogen and oxygen atoms in total. The van der Waals surface area contributed by atoms with Crippen LogP contribution in [-0.2, 0) is 0 Å². The third-order valence-electron chi connectivity index (χ3n) is 3.39. The first kappa shape index (κ1) is 17.4. The average Bonchev–Trinajstić information content (AvgIpc) is 2.82. The highest BCUT2D eigenvalue weighted by Crippen LogP contribution is 2.38. The molecule has 3 rings (SSSR count). The molecule has 132 valence electrons. The van der Waals surface area contributed by atoms with Crippen LogP contribution in [-0.4, -0.2) is 15.1 Å². The Labute approximate surface area is 142 Å². The molecule has 1 unspecified atom stereocenters. The van der Waals surface area contributed by atoms with Crippen LogP contribution in [0.1, 0.15) is 6.42 Å². The van der Waals surface area contributed by atoms with Crippen molar-refractivity contribution in [1.82, 2.24) is 10.0 Å². The second kappa shape index (κ2) is 6.14. The molecule has 10 heteroatoms. The molecular weight excluding hydrogens is 372 g/mol. The Morgan fingerprint density at radius 2 is 1.76 bits per heavy atom. The second-order valence-corrected chi connectivity index (χ2v) is 5.79. The maximum Gasteiger partial charge on any atom is 0.237 e. The third kappa shape index (κ3) is 3.37.